The average Bonchev–Trinajstić information content (AvgIpc) is 2.76. The van der Waals surface area contributed by atoms with E-state index < -0.39 is 24.3 Å². The van der Waals surface area contributed by atoms with Gasteiger partial charge in [-0.05, 0) is 13.0 Å². The van der Waals surface area contributed by atoms with E-state index >= 15 is 0 Å². The topological polar surface area (TPSA) is 39.9 Å². The number of rotatable bonds is 5. The van der Waals surface area contributed by atoms with Crippen LogP contribution in [0.15, 0.2) is 12.1 Å². The van der Waals surface area contributed by atoms with Crippen LogP contribution in [0.2, 0.25) is 0 Å². The zero-order valence-corrected chi connectivity index (χ0v) is 11.9. The summed E-state index contributed by atoms with van der Waals surface area (Å²) in [4.78, 5) is 8.05. The zero-order chi connectivity index (χ0) is 15.8. The maximum Gasteiger partial charge on any atom is 0.324 e. The van der Waals surface area contributed by atoms with Crippen LogP contribution in [-0.2, 0) is 6.54 Å². The van der Waals surface area contributed by atoms with Crippen LogP contribution in [0.25, 0.3) is 11.2 Å². The molecule has 1 atom stereocenters. The lowest BCUT2D eigenvalue weighted by atomic mass is 10.3. The number of aromatic nitrogens is 3. The zero-order valence-electron chi connectivity index (χ0n) is 11.2. The van der Waals surface area contributed by atoms with Crippen molar-refractivity contribution >= 4 is 22.8 Å². The number of halogens is 5. The number of alkyl halides is 5. The van der Waals surface area contributed by atoms with Gasteiger partial charge in [0.1, 0.15) is 11.3 Å². The van der Waals surface area contributed by atoms with Gasteiger partial charge in [-0.25, -0.2) is 13.8 Å². The average molecular weight is 326 g/mol. The Morgan fingerprint density at radius 3 is 2.52 bits per heavy atom. The van der Waals surface area contributed by atoms with Crippen LogP contribution < -0.4 is 4.74 Å². The van der Waals surface area contributed by atoms with Crippen molar-refractivity contribution in [2.45, 2.75) is 31.2 Å². The quantitative estimate of drug-likeness (QED) is 0.622. The third-order valence-electron chi connectivity index (χ3n) is 2.85. The highest BCUT2D eigenvalue weighted by Crippen LogP contribution is 2.31. The van der Waals surface area contributed by atoms with E-state index in [-0.39, 0.29) is 22.9 Å². The first-order valence-corrected chi connectivity index (χ1v) is 6.41. The molecule has 0 aliphatic carbocycles. The molecule has 21 heavy (non-hydrogen) atoms. The first-order valence-electron chi connectivity index (χ1n) is 5.97. The van der Waals surface area contributed by atoms with Crippen LogP contribution in [0, 0.1) is 0 Å². The normalized spacial score (nSPS) is 13.9. The number of methoxy groups -OCH3 is 1. The Bertz CT molecular complexity index is 645. The molecule has 0 N–H and O–H groups in total. The molecular formula is C12H12ClF4N3O. The van der Waals surface area contributed by atoms with Crippen molar-refractivity contribution in [1.82, 2.24) is 14.5 Å². The summed E-state index contributed by atoms with van der Waals surface area (Å²) in [5, 5.41) is -0.737. The van der Waals surface area contributed by atoms with E-state index in [1.807, 2.05) is 0 Å². The Morgan fingerprint density at radius 2 is 2.00 bits per heavy atom. The number of nitrogens with zero attached hydrogens (tertiary/aromatic N) is 3. The summed E-state index contributed by atoms with van der Waals surface area (Å²) in [6, 6.07) is 2.99. The molecule has 1 unspecified atom stereocenters. The second kappa shape index (κ2) is 5.67. The smallest absolute Gasteiger partial charge is 0.324 e. The van der Waals surface area contributed by atoms with Crippen molar-refractivity contribution in [3.8, 4) is 5.88 Å². The van der Waals surface area contributed by atoms with Crippen LogP contribution in [0.4, 0.5) is 17.6 Å². The molecule has 0 aromatic carbocycles. The van der Waals surface area contributed by atoms with Crippen LogP contribution in [0.3, 0.4) is 0 Å². The Hall–Kier alpha value is -1.57. The Labute approximate surface area is 122 Å². The molecule has 9 heteroatoms. The van der Waals surface area contributed by atoms with Crippen LogP contribution in [0.1, 0.15) is 18.1 Å². The highest BCUT2D eigenvalue weighted by molar-refractivity contribution is 6.20. The molecule has 0 radical (unpaired) electrons. The summed E-state index contributed by atoms with van der Waals surface area (Å²) >= 11 is 5.89. The lowest BCUT2D eigenvalue weighted by Crippen LogP contribution is -2.33. The number of fused-ring (bicyclic) bond motifs is 1. The van der Waals surface area contributed by atoms with Gasteiger partial charge in [-0.3, -0.25) is 0 Å². The van der Waals surface area contributed by atoms with Gasteiger partial charge in [0.05, 0.1) is 19.0 Å². The lowest BCUT2D eigenvalue weighted by molar-refractivity contribution is -0.137. The summed E-state index contributed by atoms with van der Waals surface area (Å²) in [6.45, 7) is 0.255. The Morgan fingerprint density at radius 1 is 1.33 bits per heavy atom. The number of hydrogen-bond acceptors (Lipinski definition) is 3. The monoisotopic (exact) mass is 325 g/mol. The summed E-state index contributed by atoms with van der Waals surface area (Å²) in [6.07, 6.45) is -3.79. The molecule has 0 aliphatic rings. The van der Waals surface area contributed by atoms with Gasteiger partial charge in [-0.1, -0.05) is 0 Å². The number of hydrogen-bond donors (Lipinski definition) is 0. The minimum atomic E-state index is -4.21. The molecule has 2 heterocycles. The number of ether oxygens (including phenoxy) is 1. The van der Waals surface area contributed by atoms with E-state index in [4.69, 9.17) is 16.3 Å². The fourth-order valence-corrected chi connectivity index (χ4v) is 2.02. The largest absolute Gasteiger partial charge is 0.481 e. The predicted molar refractivity (Wildman–Crippen MR) is 69.3 cm³/mol. The van der Waals surface area contributed by atoms with Gasteiger partial charge in [0.15, 0.2) is 5.65 Å². The first-order chi connectivity index (χ1) is 9.76. The van der Waals surface area contributed by atoms with Gasteiger partial charge in [0.2, 0.25) is 5.88 Å². The molecule has 0 aliphatic heterocycles. The SMILES string of the molecule is COc1ccc2nc(C(C)Cl)n(CC(F)(F)C(F)F)c2n1. The molecule has 0 saturated heterocycles. The summed E-state index contributed by atoms with van der Waals surface area (Å²) < 4.78 is 57.4. The highest BCUT2D eigenvalue weighted by atomic mass is 35.5. The molecule has 4 nitrogen and oxygen atoms in total. The van der Waals surface area contributed by atoms with Crippen molar-refractivity contribution in [2.24, 2.45) is 0 Å². The number of imidazole rings is 1. The van der Waals surface area contributed by atoms with Crippen LogP contribution >= 0.6 is 11.6 Å². The van der Waals surface area contributed by atoms with E-state index in [2.05, 4.69) is 9.97 Å². The summed E-state index contributed by atoms with van der Waals surface area (Å²) in [5.41, 5.74) is 0.306. The molecule has 2 aromatic heterocycles. The molecular weight excluding hydrogens is 314 g/mol. The Kier molecular flexibility index (Phi) is 4.27. The molecule has 0 fully saturated rings. The lowest BCUT2D eigenvalue weighted by Gasteiger charge is -2.18. The Balaban J connectivity index is 2.59. The second-order valence-corrected chi connectivity index (χ2v) is 5.08. The van der Waals surface area contributed by atoms with Crippen LogP contribution in [-0.4, -0.2) is 34.0 Å². The molecule has 0 saturated carbocycles. The van der Waals surface area contributed by atoms with E-state index in [1.54, 1.807) is 0 Å². The van der Waals surface area contributed by atoms with Crippen molar-refractivity contribution in [3.63, 3.8) is 0 Å². The third-order valence-corrected chi connectivity index (χ3v) is 3.04. The minimum absolute atomic E-state index is 0.0252. The fraction of sp³-hybridized carbons (Fsp3) is 0.500. The van der Waals surface area contributed by atoms with E-state index in [0.717, 1.165) is 4.57 Å². The van der Waals surface area contributed by atoms with E-state index in [0.29, 0.717) is 0 Å². The standard InChI is InChI=1S/C12H12ClF4N3O/c1-6(13)9-18-7-3-4-8(21-2)19-10(7)20(9)5-12(16,17)11(14)15/h3-4,6,11H,5H2,1-2H3. The third kappa shape index (κ3) is 3.04. The highest BCUT2D eigenvalue weighted by Gasteiger charge is 2.42. The van der Waals surface area contributed by atoms with Crippen molar-refractivity contribution < 1.29 is 22.3 Å². The molecule has 2 aromatic rings. The number of pyridine rings is 1. The van der Waals surface area contributed by atoms with Gasteiger partial charge < -0.3 is 9.30 Å². The minimum Gasteiger partial charge on any atom is -0.481 e. The maximum atomic E-state index is 13.4. The predicted octanol–water partition coefficient (Wildman–Crippen LogP) is 3.64. The van der Waals surface area contributed by atoms with Crippen molar-refractivity contribution in [2.75, 3.05) is 7.11 Å². The van der Waals surface area contributed by atoms with Gasteiger partial charge in [-0.2, -0.15) is 13.8 Å². The van der Waals surface area contributed by atoms with Gasteiger partial charge in [-0.15, -0.1) is 11.6 Å². The first kappa shape index (κ1) is 15.8. The fourth-order valence-electron chi connectivity index (χ4n) is 1.85. The molecule has 0 spiro atoms. The van der Waals surface area contributed by atoms with E-state index in [1.165, 1.54) is 26.2 Å². The molecule has 0 bridgehead atoms. The van der Waals surface area contributed by atoms with E-state index in [9.17, 15) is 17.6 Å². The van der Waals surface area contributed by atoms with Crippen molar-refractivity contribution in [3.05, 3.63) is 18.0 Å². The van der Waals surface area contributed by atoms with Gasteiger partial charge >= 0.3 is 12.3 Å². The summed E-state index contributed by atoms with van der Waals surface area (Å²) in [7, 11) is 1.35. The molecule has 2 rings (SSSR count). The van der Waals surface area contributed by atoms with Crippen molar-refractivity contribution in [1.29, 1.82) is 0 Å². The van der Waals surface area contributed by atoms with Gasteiger partial charge in [0, 0.05) is 6.07 Å². The molecule has 116 valence electrons. The molecule has 0 amide bonds. The van der Waals surface area contributed by atoms with Gasteiger partial charge in [0.25, 0.3) is 0 Å². The van der Waals surface area contributed by atoms with Crippen LogP contribution in [0.5, 0.6) is 5.88 Å². The maximum absolute atomic E-state index is 13.4. The summed E-state index contributed by atoms with van der Waals surface area (Å²) in [5.74, 6) is -4.00. The second-order valence-electron chi connectivity index (χ2n) is 4.43.